The van der Waals surface area contributed by atoms with Crippen molar-refractivity contribution in [2.45, 2.75) is 39.0 Å². The molecule has 1 nitrogen and oxygen atoms in total. The topological polar surface area (TPSA) is 17.1 Å². The molecule has 0 fully saturated rings. The highest BCUT2D eigenvalue weighted by Crippen LogP contribution is 2.07. The zero-order valence-electron chi connectivity index (χ0n) is 6.68. The van der Waals surface area contributed by atoms with E-state index in [2.05, 4.69) is 12.2 Å². The number of carbonyl (C=O) groups is 1. The summed E-state index contributed by atoms with van der Waals surface area (Å²) in [7, 11) is 0. The molecule has 0 spiro atoms. The summed E-state index contributed by atoms with van der Waals surface area (Å²) in [6, 6.07) is 0. The Morgan fingerprint density at radius 1 is 1.30 bits per heavy atom. The van der Waals surface area contributed by atoms with Crippen molar-refractivity contribution in [1.82, 2.24) is 0 Å². The molecular formula is C9H16O. The van der Waals surface area contributed by atoms with Gasteiger partial charge in [-0.05, 0) is 25.7 Å². The molecule has 0 aromatic rings. The van der Waals surface area contributed by atoms with Crippen molar-refractivity contribution < 1.29 is 4.79 Å². The average molecular weight is 140 g/mol. The van der Waals surface area contributed by atoms with Gasteiger partial charge in [-0.2, -0.15) is 0 Å². The molecule has 0 amide bonds. The van der Waals surface area contributed by atoms with Crippen LogP contribution in [-0.2, 0) is 4.79 Å². The van der Waals surface area contributed by atoms with E-state index in [0.29, 0.717) is 6.42 Å². The number of aldehydes is 1. The quantitative estimate of drug-likeness (QED) is 0.404. The number of hydrogen-bond acceptors (Lipinski definition) is 1. The average Bonchev–Trinajstić information content (AvgIpc) is 2.08. The molecule has 0 saturated carbocycles. The summed E-state index contributed by atoms with van der Waals surface area (Å²) in [5, 5.41) is 0. The molecule has 0 atom stereocenters. The Bertz CT molecular complexity index is 86.9. The van der Waals surface area contributed by atoms with Gasteiger partial charge in [-0.3, -0.25) is 0 Å². The lowest BCUT2D eigenvalue weighted by Gasteiger charge is -1.97. The maximum Gasteiger partial charge on any atom is 0.119 e. The van der Waals surface area contributed by atoms with Gasteiger partial charge in [0.15, 0.2) is 0 Å². The number of carbonyl (C=O) groups excluding carboxylic acids is 1. The van der Waals surface area contributed by atoms with Crippen LogP contribution in [-0.4, -0.2) is 6.29 Å². The summed E-state index contributed by atoms with van der Waals surface area (Å²) in [5.41, 5.74) is 0. The number of allylic oxidation sites excluding steroid dienone is 2. The van der Waals surface area contributed by atoms with Gasteiger partial charge >= 0.3 is 0 Å². The van der Waals surface area contributed by atoms with Crippen molar-refractivity contribution in [3.05, 3.63) is 12.2 Å². The molecule has 1 rings (SSSR count). The van der Waals surface area contributed by atoms with E-state index in [1.807, 2.05) is 6.92 Å². The lowest BCUT2D eigenvalue weighted by molar-refractivity contribution is -0.107. The largest absolute Gasteiger partial charge is 0.303 e. The van der Waals surface area contributed by atoms with Crippen LogP contribution in [0.2, 0.25) is 0 Å². The van der Waals surface area contributed by atoms with Crippen LogP contribution in [0.3, 0.4) is 0 Å². The highest BCUT2D eigenvalue weighted by atomic mass is 16.1. The second-order valence-electron chi connectivity index (χ2n) is 2.33. The summed E-state index contributed by atoms with van der Waals surface area (Å²) >= 11 is 0. The van der Waals surface area contributed by atoms with Gasteiger partial charge in [-0.25, -0.2) is 0 Å². The van der Waals surface area contributed by atoms with Crippen LogP contribution in [0.1, 0.15) is 39.0 Å². The fourth-order valence-electron chi connectivity index (χ4n) is 0.760. The van der Waals surface area contributed by atoms with E-state index in [0.717, 1.165) is 6.29 Å². The predicted molar refractivity (Wildman–Crippen MR) is 44.0 cm³/mol. The fourth-order valence-corrected chi connectivity index (χ4v) is 0.760. The van der Waals surface area contributed by atoms with E-state index in [1.165, 1.54) is 25.7 Å². The first-order valence-corrected chi connectivity index (χ1v) is 4.00. The van der Waals surface area contributed by atoms with Gasteiger partial charge in [-0.15, -0.1) is 0 Å². The molecule has 0 unspecified atom stereocenters. The molecule has 0 radical (unpaired) electrons. The SMILES string of the molecule is C1=CCCCC1.CCC=O. The van der Waals surface area contributed by atoms with Crippen molar-refractivity contribution in [3.63, 3.8) is 0 Å². The van der Waals surface area contributed by atoms with E-state index in [4.69, 9.17) is 0 Å². The molecular weight excluding hydrogens is 124 g/mol. The number of hydrogen-bond donors (Lipinski definition) is 0. The van der Waals surface area contributed by atoms with Crippen LogP contribution in [0.4, 0.5) is 0 Å². The highest BCUT2D eigenvalue weighted by molar-refractivity contribution is 5.48. The molecule has 1 heteroatoms. The van der Waals surface area contributed by atoms with Gasteiger partial charge in [-0.1, -0.05) is 19.1 Å². The zero-order valence-corrected chi connectivity index (χ0v) is 6.68. The molecule has 0 aliphatic heterocycles. The van der Waals surface area contributed by atoms with Crippen molar-refractivity contribution in [1.29, 1.82) is 0 Å². The monoisotopic (exact) mass is 140 g/mol. The van der Waals surface area contributed by atoms with Crippen molar-refractivity contribution >= 4 is 6.29 Å². The Balaban J connectivity index is 0.000000180. The second-order valence-corrected chi connectivity index (χ2v) is 2.33. The van der Waals surface area contributed by atoms with Crippen LogP contribution in [0.5, 0.6) is 0 Å². The lowest BCUT2D eigenvalue weighted by Crippen LogP contribution is -1.77. The minimum absolute atomic E-state index is 0.639. The van der Waals surface area contributed by atoms with Crippen molar-refractivity contribution in [2.24, 2.45) is 0 Å². The Kier molecular flexibility index (Phi) is 7.91. The molecule has 1 aliphatic rings. The zero-order chi connectivity index (χ0) is 7.66. The Hall–Kier alpha value is -0.590. The highest BCUT2D eigenvalue weighted by Gasteiger charge is 1.87. The van der Waals surface area contributed by atoms with E-state index >= 15 is 0 Å². The minimum atomic E-state index is 0.639. The van der Waals surface area contributed by atoms with Crippen LogP contribution in [0.15, 0.2) is 12.2 Å². The van der Waals surface area contributed by atoms with Gasteiger partial charge in [0.25, 0.3) is 0 Å². The summed E-state index contributed by atoms with van der Waals surface area (Å²) in [5.74, 6) is 0. The number of rotatable bonds is 1. The van der Waals surface area contributed by atoms with E-state index in [9.17, 15) is 4.79 Å². The lowest BCUT2D eigenvalue weighted by atomic mass is 10.1. The Labute approximate surface area is 63.1 Å². The summed E-state index contributed by atoms with van der Waals surface area (Å²) < 4.78 is 0. The molecule has 0 bridgehead atoms. The van der Waals surface area contributed by atoms with E-state index in [1.54, 1.807) is 0 Å². The normalized spacial score (nSPS) is 15.3. The Morgan fingerprint density at radius 3 is 1.80 bits per heavy atom. The van der Waals surface area contributed by atoms with E-state index < -0.39 is 0 Å². The first kappa shape index (κ1) is 9.41. The Morgan fingerprint density at radius 2 is 1.70 bits per heavy atom. The van der Waals surface area contributed by atoms with Crippen molar-refractivity contribution in [2.75, 3.05) is 0 Å². The first-order chi connectivity index (χ1) is 4.91. The predicted octanol–water partition coefficient (Wildman–Crippen LogP) is 2.71. The van der Waals surface area contributed by atoms with Gasteiger partial charge in [0, 0.05) is 6.42 Å². The van der Waals surface area contributed by atoms with Crippen LogP contribution in [0, 0.1) is 0 Å². The maximum absolute atomic E-state index is 9.17. The summed E-state index contributed by atoms with van der Waals surface area (Å²) in [6.07, 6.45) is 11.5. The molecule has 10 heavy (non-hydrogen) atoms. The first-order valence-electron chi connectivity index (χ1n) is 4.00. The molecule has 1 aliphatic carbocycles. The molecule has 0 N–H and O–H groups in total. The van der Waals surface area contributed by atoms with Gasteiger partial charge in [0.2, 0.25) is 0 Å². The van der Waals surface area contributed by atoms with Crippen molar-refractivity contribution in [3.8, 4) is 0 Å². The second kappa shape index (κ2) is 8.41. The third-order valence-corrected chi connectivity index (χ3v) is 1.32. The molecule has 0 heterocycles. The molecule has 58 valence electrons. The molecule has 0 aromatic heterocycles. The third-order valence-electron chi connectivity index (χ3n) is 1.32. The maximum atomic E-state index is 9.17. The minimum Gasteiger partial charge on any atom is -0.303 e. The van der Waals surface area contributed by atoms with Gasteiger partial charge in [0.1, 0.15) is 6.29 Å². The molecule has 0 saturated heterocycles. The van der Waals surface area contributed by atoms with Crippen LogP contribution in [0.25, 0.3) is 0 Å². The smallest absolute Gasteiger partial charge is 0.119 e. The fraction of sp³-hybridized carbons (Fsp3) is 0.667. The van der Waals surface area contributed by atoms with Gasteiger partial charge in [0.05, 0.1) is 0 Å². The third kappa shape index (κ3) is 7.41. The standard InChI is InChI=1S/C6H10.C3H6O/c1-2-4-6-5-3-1;1-2-3-4/h1-2H,3-6H2;3H,2H2,1H3. The molecule has 0 aromatic carbocycles. The summed E-state index contributed by atoms with van der Waals surface area (Å²) in [6.45, 7) is 1.81. The summed E-state index contributed by atoms with van der Waals surface area (Å²) in [4.78, 5) is 9.17. The van der Waals surface area contributed by atoms with Gasteiger partial charge < -0.3 is 4.79 Å². The van der Waals surface area contributed by atoms with Crippen LogP contribution >= 0.6 is 0 Å². The van der Waals surface area contributed by atoms with Crippen LogP contribution < -0.4 is 0 Å². The van der Waals surface area contributed by atoms with E-state index in [-0.39, 0.29) is 0 Å².